The molecule has 0 aliphatic rings. The molecule has 3 heterocycles. The van der Waals surface area contributed by atoms with E-state index in [1.165, 1.54) is 17.2 Å². The van der Waals surface area contributed by atoms with Crippen LogP contribution in [0.4, 0.5) is 4.39 Å². The lowest BCUT2D eigenvalue weighted by Gasteiger charge is -2.23. The Morgan fingerprint density at radius 3 is 1.98 bits per heavy atom. The molecular formula is C34H40FN7. The van der Waals surface area contributed by atoms with Gasteiger partial charge in [-0.1, -0.05) is 36.4 Å². The largest absolute Gasteiger partial charge is 0.361 e. The molecule has 7 nitrogen and oxygen atoms in total. The number of rotatable bonds is 17. The minimum absolute atomic E-state index is 0.198. The van der Waals surface area contributed by atoms with Gasteiger partial charge in [0.15, 0.2) is 0 Å². The van der Waals surface area contributed by atoms with Gasteiger partial charge in [-0.15, -0.1) is 0 Å². The van der Waals surface area contributed by atoms with E-state index in [4.69, 9.17) is 0 Å². The minimum atomic E-state index is -0.198. The van der Waals surface area contributed by atoms with Gasteiger partial charge in [0.05, 0.1) is 11.4 Å². The number of nitrogens with zero attached hydrogens (tertiary/aromatic N) is 3. The van der Waals surface area contributed by atoms with Gasteiger partial charge in [-0.05, 0) is 72.1 Å². The summed E-state index contributed by atoms with van der Waals surface area (Å²) in [6.07, 6.45) is 6.50. The molecule has 0 aliphatic heterocycles. The van der Waals surface area contributed by atoms with E-state index in [-0.39, 0.29) is 5.82 Å². The summed E-state index contributed by atoms with van der Waals surface area (Å²) in [6.45, 7) is 7.73. The predicted molar refractivity (Wildman–Crippen MR) is 167 cm³/mol. The molecule has 0 aliphatic carbocycles. The molecule has 0 unspecified atom stereocenters. The fourth-order valence-corrected chi connectivity index (χ4v) is 5.02. The second kappa shape index (κ2) is 15.9. The molecule has 42 heavy (non-hydrogen) atoms. The van der Waals surface area contributed by atoms with E-state index < -0.39 is 0 Å². The molecule has 5 rings (SSSR count). The van der Waals surface area contributed by atoms with Gasteiger partial charge in [-0.25, -0.2) is 4.39 Å². The Morgan fingerprint density at radius 1 is 0.690 bits per heavy atom. The third kappa shape index (κ3) is 9.29. The van der Waals surface area contributed by atoms with E-state index in [1.54, 1.807) is 12.1 Å². The Hall–Kier alpha value is -3.95. The molecule has 0 bridgehead atoms. The molecule has 2 aromatic carbocycles. The van der Waals surface area contributed by atoms with Crippen LogP contribution in [0.1, 0.15) is 28.1 Å². The van der Waals surface area contributed by atoms with Gasteiger partial charge in [-0.2, -0.15) is 0 Å². The van der Waals surface area contributed by atoms with Crippen LogP contribution in [0.15, 0.2) is 97.5 Å². The second-order valence-electron chi connectivity index (χ2n) is 10.5. The van der Waals surface area contributed by atoms with E-state index in [0.717, 1.165) is 93.2 Å². The maximum absolute atomic E-state index is 13.7. The Kier molecular flexibility index (Phi) is 11.2. The van der Waals surface area contributed by atoms with Gasteiger partial charge in [-0.3, -0.25) is 14.9 Å². The van der Waals surface area contributed by atoms with E-state index >= 15 is 0 Å². The van der Waals surface area contributed by atoms with Crippen LogP contribution in [0.2, 0.25) is 0 Å². The first-order valence-corrected chi connectivity index (χ1v) is 14.7. The smallest absolute Gasteiger partial charge is 0.123 e. The van der Waals surface area contributed by atoms with Crippen molar-refractivity contribution < 1.29 is 4.39 Å². The fourth-order valence-electron chi connectivity index (χ4n) is 5.02. The Morgan fingerprint density at radius 2 is 1.33 bits per heavy atom. The van der Waals surface area contributed by atoms with Crippen LogP contribution < -0.4 is 16.0 Å². The van der Waals surface area contributed by atoms with Crippen LogP contribution in [0.25, 0.3) is 10.9 Å². The highest BCUT2D eigenvalue weighted by molar-refractivity contribution is 5.83. The van der Waals surface area contributed by atoms with Crippen LogP contribution in [0, 0.1) is 5.82 Å². The first-order valence-electron chi connectivity index (χ1n) is 14.7. The number of hydrogen-bond donors (Lipinski definition) is 4. The number of halogens is 1. The lowest BCUT2D eigenvalue weighted by molar-refractivity contribution is 0.263. The third-order valence-electron chi connectivity index (χ3n) is 7.33. The lowest BCUT2D eigenvalue weighted by atomic mass is 10.1. The number of benzene rings is 2. The van der Waals surface area contributed by atoms with E-state index in [2.05, 4.69) is 60.1 Å². The van der Waals surface area contributed by atoms with Gasteiger partial charge in [0.25, 0.3) is 0 Å². The second-order valence-corrected chi connectivity index (χ2v) is 10.5. The molecular weight excluding hydrogens is 525 g/mol. The SMILES string of the molecule is Fc1ccc2[nH]cc(CCNCc3ccc(CN(CCNCc4ccccn4)CCNCc4ccccn4)cc3)c2c1. The normalized spacial score (nSPS) is 11.5. The number of hydrogen-bond acceptors (Lipinski definition) is 6. The zero-order valence-electron chi connectivity index (χ0n) is 24.0. The molecule has 218 valence electrons. The van der Waals surface area contributed by atoms with E-state index in [1.807, 2.05) is 55.0 Å². The number of H-pyrrole nitrogens is 1. The molecule has 0 amide bonds. The summed E-state index contributed by atoms with van der Waals surface area (Å²) in [5.41, 5.74) is 6.78. The van der Waals surface area contributed by atoms with Crippen molar-refractivity contribution in [2.24, 2.45) is 0 Å². The Balaban J connectivity index is 1.07. The average molecular weight is 566 g/mol. The monoisotopic (exact) mass is 565 g/mol. The summed E-state index contributed by atoms with van der Waals surface area (Å²) in [6, 6.07) is 25.8. The number of aromatic amines is 1. The molecule has 5 aromatic rings. The molecule has 8 heteroatoms. The van der Waals surface area contributed by atoms with Crippen molar-refractivity contribution in [1.29, 1.82) is 0 Å². The molecule has 0 spiro atoms. The van der Waals surface area contributed by atoms with Crippen LogP contribution in [-0.2, 0) is 32.6 Å². The summed E-state index contributed by atoms with van der Waals surface area (Å²) < 4.78 is 13.7. The van der Waals surface area contributed by atoms with Gasteiger partial charge in [0, 0.05) is 81.9 Å². The number of pyridine rings is 2. The molecule has 0 saturated heterocycles. The maximum atomic E-state index is 13.7. The molecule has 4 N–H and O–H groups in total. The summed E-state index contributed by atoms with van der Waals surface area (Å²) in [4.78, 5) is 14.5. The zero-order chi connectivity index (χ0) is 28.8. The minimum Gasteiger partial charge on any atom is -0.361 e. The summed E-state index contributed by atoms with van der Waals surface area (Å²) in [7, 11) is 0. The van der Waals surface area contributed by atoms with Crippen molar-refractivity contribution >= 4 is 10.9 Å². The molecule has 3 aromatic heterocycles. The molecule has 0 fully saturated rings. The molecule has 0 atom stereocenters. The van der Waals surface area contributed by atoms with Crippen molar-refractivity contribution in [3.63, 3.8) is 0 Å². The molecule has 0 radical (unpaired) electrons. The quantitative estimate of drug-likeness (QED) is 0.121. The highest BCUT2D eigenvalue weighted by Crippen LogP contribution is 2.19. The Labute approximate surface area is 247 Å². The summed E-state index contributed by atoms with van der Waals surface area (Å²) in [5.74, 6) is -0.198. The first kappa shape index (κ1) is 29.5. The van der Waals surface area contributed by atoms with Crippen LogP contribution in [0.3, 0.4) is 0 Å². The summed E-state index contributed by atoms with van der Waals surface area (Å²) >= 11 is 0. The number of fused-ring (bicyclic) bond motifs is 1. The summed E-state index contributed by atoms with van der Waals surface area (Å²) in [5, 5.41) is 11.6. The highest BCUT2D eigenvalue weighted by Gasteiger charge is 2.08. The van der Waals surface area contributed by atoms with Crippen LogP contribution in [0.5, 0.6) is 0 Å². The maximum Gasteiger partial charge on any atom is 0.123 e. The number of nitrogens with one attached hydrogen (secondary N) is 4. The van der Waals surface area contributed by atoms with Crippen molar-refractivity contribution in [1.82, 2.24) is 35.8 Å². The van der Waals surface area contributed by atoms with Crippen molar-refractivity contribution in [3.8, 4) is 0 Å². The van der Waals surface area contributed by atoms with Crippen molar-refractivity contribution in [2.75, 3.05) is 32.7 Å². The van der Waals surface area contributed by atoms with Gasteiger partial charge in [0.2, 0.25) is 0 Å². The van der Waals surface area contributed by atoms with Gasteiger partial charge >= 0.3 is 0 Å². The van der Waals surface area contributed by atoms with Crippen molar-refractivity contribution in [2.45, 2.75) is 32.6 Å². The Bertz CT molecular complexity index is 1430. The average Bonchev–Trinajstić information content (AvgIpc) is 3.43. The van der Waals surface area contributed by atoms with Crippen molar-refractivity contribution in [3.05, 3.63) is 131 Å². The lowest BCUT2D eigenvalue weighted by Crippen LogP contribution is -2.36. The van der Waals surface area contributed by atoms with Crippen LogP contribution >= 0.6 is 0 Å². The highest BCUT2D eigenvalue weighted by atomic mass is 19.1. The van der Waals surface area contributed by atoms with Gasteiger partial charge < -0.3 is 20.9 Å². The van der Waals surface area contributed by atoms with E-state index in [9.17, 15) is 4.39 Å². The third-order valence-corrected chi connectivity index (χ3v) is 7.33. The fraction of sp³-hybridized carbons (Fsp3) is 0.294. The van der Waals surface area contributed by atoms with Gasteiger partial charge in [0.1, 0.15) is 5.82 Å². The van der Waals surface area contributed by atoms with E-state index in [0.29, 0.717) is 0 Å². The first-order chi connectivity index (χ1) is 20.7. The predicted octanol–water partition coefficient (Wildman–Crippen LogP) is 4.81. The van der Waals surface area contributed by atoms with Crippen LogP contribution in [-0.4, -0.2) is 52.6 Å². The topological polar surface area (TPSA) is 80.9 Å². The number of aromatic nitrogens is 3. The molecule has 0 saturated carbocycles. The standard InChI is InChI=1S/C34H40FN7/c35-30-11-12-34-33(21-30)29(23-41-34)13-16-36-22-27-7-9-28(10-8-27)26-42(19-17-37-24-31-5-1-3-14-39-31)20-18-38-25-32-6-2-4-15-40-32/h1-12,14-15,21,23,36-38,41H,13,16-20,22,24-26H2. The zero-order valence-corrected chi connectivity index (χ0v) is 24.0.